The topological polar surface area (TPSA) is 68.0 Å². The van der Waals surface area contributed by atoms with Crippen LogP contribution in [-0.2, 0) is 31.0 Å². The monoisotopic (exact) mass is 368 g/mol. The Morgan fingerprint density at radius 2 is 2.19 bits per heavy atom. The number of nitrogens with one attached hydrogen (secondary N) is 1. The molecule has 0 fully saturated rings. The number of fused-ring (bicyclic) bond motifs is 1. The SMILES string of the molecule is CC(=O)NCc1cc2n(n1)CCN(Cc1cc(F)ccc1-n1cccn1)C2. The van der Waals surface area contributed by atoms with Crippen molar-refractivity contribution in [1.82, 2.24) is 29.8 Å². The van der Waals surface area contributed by atoms with Gasteiger partial charge in [0.15, 0.2) is 0 Å². The summed E-state index contributed by atoms with van der Waals surface area (Å²) in [4.78, 5) is 13.3. The Hall–Kier alpha value is -3.00. The van der Waals surface area contributed by atoms with Crippen molar-refractivity contribution >= 4 is 5.91 Å². The molecule has 1 aliphatic heterocycles. The number of aromatic nitrogens is 4. The van der Waals surface area contributed by atoms with Gasteiger partial charge >= 0.3 is 0 Å². The molecule has 2 aromatic heterocycles. The van der Waals surface area contributed by atoms with E-state index in [9.17, 15) is 9.18 Å². The quantitative estimate of drug-likeness (QED) is 0.746. The predicted octanol–water partition coefficient (Wildman–Crippen LogP) is 1.86. The number of amides is 1. The molecule has 0 unspecified atom stereocenters. The van der Waals surface area contributed by atoms with Gasteiger partial charge in [0.05, 0.1) is 30.2 Å². The molecule has 0 saturated carbocycles. The molecule has 140 valence electrons. The molecule has 0 spiro atoms. The summed E-state index contributed by atoms with van der Waals surface area (Å²) in [5, 5.41) is 11.6. The van der Waals surface area contributed by atoms with E-state index in [-0.39, 0.29) is 11.7 Å². The maximum Gasteiger partial charge on any atom is 0.217 e. The van der Waals surface area contributed by atoms with Gasteiger partial charge in [0.1, 0.15) is 5.82 Å². The summed E-state index contributed by atoms with van der Waals surface area (Å²) >= 11 is 0. The molecule has 1 N–H and O–H groups in total. The molecule has 0 atom stereocenters. The molecule has 8 heteroatoms. The van der Waals surface area contributed by atoms with Crippen LogP contribution in [0.1, 0.15) is 23.9 Å². The highest BCUT2D eigenvalue weighted by Crippen LogP contribution is 2.21. The molecule has 0 radical (unpaired) electrons. The van der Waals surface area contributed by atoms with Gasteiger partial charge in [-0.25, -0.2) is 9.07 Å². The Balaban J connectivity index is 1.51. The zero-order chi connectivity index (χ0) is 18.8. The summed E-state index contributed by atoms with van der Waals surface area (Å²) in [7, 11) is 0. The number of halogens is 1. The third kappa shape index (κ3) is 3.90. The summed E-state index contributed by atoms with van der Waals surface area (Å²) in [5.41, 5.74) is 3.72. The van der Waals surface area contributed by atoms with Gasteiger partial charge in [-0.1, -0.05) is 0 Å². The highest BCUT2D eigenvalue weighted by atomic mass is 19.1. The summed E-state index contributed by atoms with van der Waals surface area (Å²) < 4.78 is 17.6. The maximum absolute atomic E-state index is 13.8. The fraction of sp³-hybridized carbons (Fsp3) is 0.316. The molecule has 4 rings (SSSR count). The largest absolute Gasteiger partial charge is 0.351 e. The molecule has 1 aromatic carbocycles. The lowest BCUT2D eigenvalue weighted by molar-refractivity contribution is -0.119. The number of hydrogen-bond acceptors (Lipinski definition) is 4. The van der Waals surface area contributed by atoms with E-state index in [1.165, 1.54) is 13.0 Å². The summed E-state index contributed by atoms with van der Waals surface area (Å²) in [6.45, 7) is 4.86. The smallest absolute Gasteiger partial charge is 0.217 e. The van der Waals surface area contributed by atoms with Crippen molar-refractivity contribution in [3.63, 3.8) is 0 Å². The average molecular weight is 368 g/mol. The van der Waals surface area contributed by atoms with Crippen LogP contribution in [0, 0.1) is 5.82 Å². The van der Waals surface area contributed by atoms with Gasteiger partial charge in [-0.3, -0.25) is 14.4 Å². The standard InChI is InChI=1S/C19H21FN6O/c1-14(27)21-11-17-10-18-13-24(7-8-25(18)23-17)12-15-9-16(20)3-4-19(15)26-6-2-5-22-26/h2-6,9-10H,7-8,11-13H2,1H3,(H,21,27). The van der Waals surface area contributed by atoms with Crippen LogP contribution >= 0.6 is 0 Å². The van der Waals surface area contributed by atoms with E-state index >= 15 is 0 Å². The van der Waals surface area contributed by atoms with Gasteiger partial charge < -0.3 is 5.32 Å². The van der Waals surface area contributed by atoms with Crippen LogP contribution in [0.2, 0.25) is 0 Å². The van der Waals surface area contributed by atoms with Crippen LogP contribution in [0.3, 0.4) is 0 Å². The summed E-state index contributed by atoms with van der Waals surface area (Å²) in [5.74, 6) is -0.319. The fourth-order valence-corrected chi connectivity index (χ4v) is 3.37. The van der Waals surface area contributed by atoms with Crippen molar-refractivity contribution < 1.29 is 9.18 Å². The second-order valence-electron chi connectivity index (χ2n) is 6.69. The molecule has 1 aliphatic rings. The molecule has 7 nitrogen and oxygen atoms in total. The van der Waals surface area contributed by atoms with Crippen molar-refractivity contribution in [2.45, 2.75) is 33.1 Å². The van der Waals surface area contributed by atoms with E-state index in [1.54, 1.807) is 23.0 Å². The molecule has 1 amide bonds. The van der Waals surface area contributed by atoms with Crippen molar-refractivity contribution in [3.8, 4) is 5.69 Å². The Morgan fingerprint density at radius 1 is 1.30 bits per heavy atom. The average Bonchev–Trinajstić information content (AvgIpc) is 3.29. The van der Waals surface area contributed by atoms with Gasteiger partial charge in [-0.05, 0) is 35.9 Å². The zero-order valence-corrected chi connectivity index (χ0v) is 15.1. The van der Waals surface area contributed by atoms with Crippen molar-refractivity contribution in [2.75, 3.05) is 6.54 Å². The van der Waals surface area contributed by atoms with Crippen LogP contribution in [0.5, 0.6) is 0 Å². The molecule has 0 aliphatic carbocycles. The minimum atomic E-state index is -0.249. The third-order valence-electron chi connectivity index (χ3n) is 4.63. The van der Waals surface area contributed by atoms with E-state index in [1.807, 2.05) is 23.0 Å². The van der Waals surface area contributed by atoms with Crippen LogP contribution in [0.25, 0.3) is 5.69 Å². The van der Waals surface area contributed by atoms with Crippen LogP contribution < -0.4 is 5.32 Å². The van der Waals surface area contributed by atoms with Gasteiger partial charge in [-0.15, -0.1) is 0 Å². The Labute approximate surface area is 156 Å². The fourth-order valence-electron chi connectivity index (χ4n) is 3.37. The van der Waals surface area contributed by atoms with Crippen molar-refractivity contribution in [3.05, 3.63) is 65.5 Å². The lowest BCUT2D eigenvalue weighted by Crippen LogP contribution is -2.33. The van der Waals surface area contributed by atoms with Gasteiger partial charge in [0.25, 0.3) is 0 Å². The van der Waals surface area contributed by atoms with E-state index in [2.05, 4.69) is 20.4 Å². The van der Waals surface area contributed by atoms with Gasteiger partial charge in [0.2, 0.25) is 5.91 Å². The highest BCUT2D eigenvalue weighted by molar-refractivity contribution is 5.72. The molecular formula is C19H21FN6O. The minimum absolute atomic E-state index is 0.0696. The first kappa shape index (κ1) is 17.4. The molecular weight excluding hydrogens is 347 g/mol. The van der Waals surface area contributed by atoms with Crippen LogP contribution in [-0.4, -0.2) is 36.9 Å². The normalized spacial score (nSPS) is 14.1. The first-order valence-electron chi connectivity index (χ1n) is 8.89. The Bertz CT molecular complexity index is 949. The second-order valence-corrected chi connectivity index (χ2v) is 6.69. The summed E-state index contributed by atoms with van der Waals surface area (Å²) in [6, 6.07) is 8.66. The molecule has 3 heterocycles. The number of carbonyl (C=O) groups excluding carboxylic acids is 1. The lowest BCUT2D eigenvalue weighted by atomic mass is 10.1. The van der Waals surface area contributed by atoms with E-state index in [0.717, 1.165) is 42.3 Å². The van der Waals surface area contributed by atoms with Gasteiger partial charge in [0, 0.05) is 39.0 Å². The molecule has 3 aromatic rings. The van der Waals surface area contributed by atoms with Crippen LogP contribution in [0.4, 0.5) is 4.39 Å². The van der Waals surface area contributed by atoms with E-state index in [0.29, 0.717) is 13.1 Å². The van der Waals surface area contributed by atoms with Crippen LogP contribution in [0.15, 0.2) is 42.7 Å². The number of benzene rings is 1. The Morgan fingerprint density at radius 3 is 2.96 bits per heavy atom. The minimum Gasteiger partial charge on any atom is -0.351 e. The first-order chi connectivity index (χ1) is 13.1. The number of hydrogen-bond donors (Lipinski definition) is 1. The highest BCUT2D eigenvalue weighted by Gasteiger charge is 2.20. The molecule has 27 heavy (non-hydrogen) atoms. The number of carbonyl (C=O) groups is 1. The second kappa shape index (κ2) is 7.32. The Kier molecular flexibility index (Phi) is 4.72. The third-order valence-corrected chi connectivity index (χ3v) is 4.63. The lowest BCUT2D eigenvalue weighted by Gasteiger charge is -2.28. The van der Waals surface area contributed by atoms with Crippen molar-refractivity contribution in [1.29, 1.82) is 0 Å². The van der Waals surface area contributed by atoms with Crippen molar-refractivity contribution in [2.24, 2.45) is 0 Å². The van der Waals surface area contributed by atoms with E-state index in [4.69, 9.17) is 0 Å². The van der Waals surface area contributed by atoms with E-state index < -0.39 is 0 Å². The summed E-state index contributed by atoms with van der Waals surface area (Å²) in [6.07, 6.45) is 3.57. The molecule has 0 saturated heterocycles. The maximum atomic E-state index is 13.8. The predicted molar refractivity (Wildman–Crippen MR) is 97.4 cm³/mol. The first-order valence-corrected chi connectivity index (χ1v) is 8.89. The zero-order valence-electron chi connectivity index (χ0n) is 15.1. The number of nitrogens with zero attached hydrogens (tertiary/aromatic N) is 5. The number of rotatable bonds is 5. The molecule has 0 bridgehead atoms. The van der Waals surface area contributed by atoms with Gasteiger partial charge in [-0.2, -0.15) is 10.2 Å².